The summed E-state index contributed by atoms with van der Waals surface area (Å²) in [6, 6.07) is 11.9. The predicted molar refractivity (Wildman–Crippen MR) is 87.1 cm³/mol. The van der Waals surface area contributed by atoms with Crippen molar-refractivity contribution >= 4 is 35.0 Å². The third kappa shape index (κ3) is 2.66. The first-order valence-electron chi connectivity index (χ1n) is 6.63. The molecule has 0 unspecified atom stereocenters. The van der Waals surface area contributed by atoms with Gasteiger partial charge in [0.05, 0.1) is 17.9 Å². The highest BCUT2D eigenvalue weighted by Crippen LogP contribution is 2.45. The summed E-state index contributed by atoms with van der Waals surface area (Å²) in [5, 5.41) is -0.217. The number of ether oxygens (including phenoxy) is 1. The third-order valence-electron chi connectivity index (χ3n) is 3.45. The lowest BCUT2D eigenvalue weighted by molar-refractivity contribution is -0.115. The summed E-state index contributed by atoms with van der Waals surface area (Å²) in [7, 11) is 1.60. The number of thioether (sulfide) groups is 1. The van der Waals surface area contributed by atoms with E-state index in [2.05, 4.69) is 0 Å². The van der Waals surface area contributed by atoms with Crippen LogP contribution in [0.5, 0.6) is 5.75 Å². The van der Waals surface area contributed by atoms with E-state index in [9.17, 15) is 9.18 Å². The number of carbonyl (C=O) groups is 1. The number of anilines is 1. The monoisotopic (exact) mass is 337 g/mol. The van der Waals surface area contributed by atoms with Crippen LogP contribution in [-0.4, -0.2) is 18.8 Å². The van der Waals surface area contributed by atoms with Crippen LogP contribution in [0.15, 0.2) is 42.5 Å². The molecular weight excluding hydrogens is 325 g/mol. The second-order valence-electron chi connectivity index (χ2n) is 4.77. The number of rotatable bonds is 3. The van der Waals surface area contributed by atoms with Crippen LogP contribution in [0.1, 0.15) is 10.9 Å². The molecule has 114 valence electrons. The molecule has 1 atom stereocenters. The van der Waals surface area contributed by atoms with Gasteiger partial charge in [-0.15, -0.1) is 11.8 Å². The zero-order valence-corrected chi connectivity index (χ0v) is 13.3. The number of hydrogen-bond donors (Lipinski definition) is 0. The van der Waals surface area contributed by atoms with Crippen molar-refractivity contribution in [3.8, 4) is 5.75 Å². The summed E-state index contributed by atoms with van der Waals surface area (Å²) in [6.07, 6.45) is 0. The van der Waals surface area contributed by atoms with Crippen molar-refractivity contribution in [2.45, 2.75) is 5.37 Å². The Hall–Kier alpha value is -1.72. The molecule has 1 aliphatic heterocycles. The van der Waals surface area contributed by atoms with E-state index in [1.54, 1.807) is 18.1 Å². The Morgan fingerprint density at radius 1 is 1.32 bits per heavy atom. The van der Waals surface area contributed by atoms with Gasteiger partial charge >= 0.3 is 0 Å². The number of nitrogens with zero attached hydrogens (tertiary/aromatic N) is 1. The Bertz CT molecular complexity index is 725. The van der Waals surface area contributed by atoms with Crippen LogP contribution in [0, 0.1) is 5.82 Å². The lowest BCUT2D eigenvalue weighted by Gasteiger charge is -2.25. The van der Waals surface area contributed by atoms with Crippen LogP contribution in [0.25, 0.3) is 0 Å². The fraction of sp³-hybridized carbons (Fsp3) is 0.188. The van der Waals surface area contributed by atoms with Crippen LogP contribution in [0.4, 0.5) is 10.1 Å². The van der Waals surface area contributed by atoms with Gasteiger partial charge in [-0.25, -0.2) is 4.39 Å². The van der Waals surface area contributed by atoms with Gasteiger partial charge in [-0.2, -0.15) is 0 Å². The lowest BCUT2D eigenvalue weighted by atomic mass is 10.1. The maximum atomic E-state index is 13.4. The summed E-state index contributed by atoms with van der Waals surface area (Å²) >= 11 is 7.35. The quantitative estimate of drug-likeness (QED) is 0.837. The molecular formula is C16H13ClFNO2S. The van der Waals surface area contributed by atoms with Crippen molar-refractivity contribution in [3.63, 3.8) is 0 Å². The minimum Gasteiger partial charge on any atom is -0.496 e. The largest absolute Gasteiger partial charge is 0.496 e. The van der Waals surface area contributed by atoms with Gasteiger partial charge in [-0.05, 0) is 24.3 Å². The van der Waals surface area contributed by atoms with Gasteiger partial charge in [0.2, 0.25) is 5.91 Å². The molecule has 0 radical (unpaired) electrons. The van der Waals surface area contributed by atoms with Crippen molar-refractivity contribution in [3.05, 3.63) is 58.9 Å². The molecule has 0 spiro atoms. The molecule has 0 aromatic heterocycles. The van der Waals surface area contributed by atoms with Gasteiger partial charge < -0.3 is 4.74 Å². The summed E-state index contributed by atoms with van der Waals surface area (Å²) < 4.78 is 18.7. The zero-order valence-electron chi connectivity index (χ0n) is 11.8. The fourth-order valence-corrected chi connectivity index (χ4v) is 3.82. The van der Waals surface area contributed by atoms with Crippen molar-refractivity contribution in [2.24, 2.45) is 0 Å². The van der Waals surface area contributed by atoms with Crippen molar-refractivity contribution in [1.82, 2.24) is 0 Å². The smallest absolute Gasteiger partial charge is 0.238 e. The van der Waals surface area contributed by atoms with Gasteiger partial charge in [0.15, 0.2) is 0 Å². The highest BCUT2D eigenvalue weighted by atomic mass is 35.5. The van der Waals surface area contributed by atoms with Crippen molar-refractivity contribution in [2.75, 3.05) is 17.8 Å². The number of methoxy groups -OCH3 is 1. The number of hydrogen-bond acceptors (Lipinski definition) is 3. The van der Waals surface area contributed by atoms with E-state index in [0.29, 0.717) is 17.2 Å². The molecule has 0 bridgehead atoms. The van der Waals surface area contributed by atoms with E-state index in [1.807, 2.05) is 24.3 Å². The van der Waals surface area contributed by atoms with Crippen LogP contribution in [-0.2, 0) is 4.79 Å². The molecule has 0 aliphatic carbocycles. The SMILES string of the molecule is COc1ccccc1[C@H]1SCC(=O)N1c1ccc(F)c(Cl)c1. The maximum absolute atomic E-state index is 13.4. The van der Waals surface area contributed by atoms with E-state index in [4.69, 9.17) is 16.3 Å². The zero-order chi connectivity index (χ0) is 15.7. The first kappa shape index (κ1) is 15.2. The molecule has 1 aliphatic rings. The van der Waals surface area contributed by atoms with Gasteiger partial charge in [-0.1, -0.05) is 29.8 Å². The molecule has 1 amide bonds. The molecule has 3 nitrogen and oxygen atoms in total. The minimum absolute atomic E-state index is 0.000904. The van der Waals surface area contributed by atoms with Crippen LogP contribution >= 0.6 is 23.4 Å². The highest BCUT2D eigenvalue weighted by molar-refractivity contribution is 8.00. The topological polar surface area (TPSA) is 29.5 Å². The second kappa shape index (κ2) is 6.18. The Balaban J connectivity index is 2.04. The van der Waals surface area contributed by atoms with E-state index >= 15 is 0 Å². The number of carbonyl (C=O) groups excluding carboxylic acids is 1. The number of amides is 1. The maximum Gasteiger partial charge on any atom is 0.238 e. The molecule has 1 saturated heterocycles. The molecule has 2 aromatic carbocycles. The van der Waals surface area contributed by atoms with Gasteiger partial charge in [0.1, 0.15) is 16.9 Å². The number of benzene rings is 2. The van der Waals surface area contributed by atoms with E-state index in [1.165, 1.54) is 23.9 Å². The van der Waals surface area contributed by atoms with Crippen molar-refractivity contribution in [1.29, 1.82) is 0 Å². The van der Waals surface area contributed by atoms with Crippen LogP contribution < -0.4 is 9.64 Å². The predicted octanol–water partition coefficient (Wildman–Crippen LogP) is 4.27. The molecule has 22 heavy (non-hydrogen) atoms. The normalized spacial score (nSPS) is 17.9. The average molecular weight is 338 g/mol. The molecule has 3 rings (SSSR count). The Morgan fingerprint density at radius 2 is 2.09 bits per heavy atom. The molecule has 1 heterocycles. The van der Waals surface area contributed by atoms with Crippen LogP contribution in [0.3, 0.4) is 0 Å². The summed E-state index contributed by atoms with van der Waals surface area (Å²) in [4.78, 5) is 13.9. The number of para-hydroxylation sites is 1. The Morgan fingerprint density at radius 3 is 2.82 bits per heavy atom. The van der Waals surface area contributed by atoms with Gasteiger partial charge in [0, 0.05) is 11.3 Å². The molecule has 0 saturated carbocycles. The van der Waals surface area contributed by atoms with E-state index in [-0.39, 0.29) is 16.3 Å². The minimum atomic E-state index is -0.501. The Kier molecular flexibility index (Phi) is 4.27. The summed E-state index contributed by atoms with van der Waals surface area (Å²) in [5.41, 5.74) is 1.48. The Labute approximate surface area is 137 Å². The molecule has 0 N–H and O–H groups in total. The van der Waals surface area contributed by atoms with Gasteiger partial charge in [0.25, 0.3) is 0 Å². The summed E-state index contributed by atoms with van der Waals surface area (Å²) in [5.74, 6) is 0.535. The van der Waals surface area contributed by atoms with E-state index < -0.39 is 5.82 Å². The second-order valence-corrected chi connectivity index (χ2v) is 6.24. The lowest BCUT2D eigenvalue weighted by Crippen LogP contribution is -2.28. The average Bonchev–Trinajstić information content (AvgIpc) is 2.91. The highest BCUT2D eigenvalue weighted by Gasteiger charge is 2.35. The number of halogens is 2. The molecule has 6 heteroatoms. The standard InChI is InChI=1S/C16H13ClFNO2S/c1-21-14-5-3-2-4-11(14)16-19(15(20)9-22-16)10-6-7-13(18)12(17)8-10/h2-8,16H,9H2,1H3/t16-/m1/s1. The molecule has 1 fully saturated rings. The van der Waals surface area contributed by atoms with Crippen LogP contribution in [0.2, 0.25) is 5.02 Å². The van der Waals surface area contributed by atoms with Gasteiger partial charge in [-0.3, -0.25) is 9.69 Å². The fourth-order valence-electron chi connectivity index (χ4n) is 2.44. The van der Waals surface area contributed by atoms with Crippen molar-refractivity contribution < 1.29 is 13.9 Å². The van der Waals surface area contributed by atoms with E-state index in [0.717, 1.165) is 5.56 Å². The first-order valence-corrected chi connectivity index (χ1v) is 8.06. The third-order valence-corrected chi connectivity index (χ3v) is 4.94. The molecule has 2 aromatic rings. The first-order chi connectivity index (χ1) is 10.6. The summed E-state index contributed by atoms with van der Waals surface area (Å²) in [6.45, 7) is 0.